The van der Waals surface area contributed by atoms with Gasteiger partial charge in [0.05, 0.1) is 5.02 Å². The first-order chi connectivity index (χ1) is 11.6. The predicted octanol–water partition coefficient (Wildman–Crippen LogP) is 2.95. The molecule has 1 amide bonds. The van der Waals surface area contributed by atoms with Crippen LogP contribution in [0.4, 0.5) is 10.1 Å². The van der Waals surface area contributed by atoms with Gasteiger partial charge in [-0.2, -0.15) is 0 Å². The first kappa shape index (κ1) is 16.7. The normalized spacial score (nSPS) is 17.1. The molecule has 1 atom stereocenters. The minimum Gasteiger partial charge on any atom is -0.369 e. The van der Waals surface area contributed by atoms with Gasteiger partial charge in [-0.15, -0.1) is 0 Å². The Balaban J connectivity index is 1.60. The van der Waals surface area contributed by atoms with Crippen LogP contribution in [0, 0.1) is 5.82 Å². The SMILES string of the molecule is NCc1ccc(C(=O)NC2CCN(c3ccc(Cl)c(F)c3)C2)cc1. The van der Waals surface area contributed by atoms with Crippen LogP contribution in [0.5, 0.6) is 0 Å². The van der Waals surface area contributed by atoms with Crippen LogP contribution in [0.25, 0.3) is 0 Å². The number of hydrogen-bond acceptors (Lipinski definition) is 3. The van der Waals surface area contributed by atoms with Gasteiger partial charge < -0.3 is 16.0 Å². The summed E-state index contributed by atoms with van der Waals surface area (Å²) in [6, 6.07) is 12.1. The summed E-state index contributed by atoms with van der Waals surface area (Å²) in [5.41, 5.74) is 7.94. The third-order valence-corrected chi connectivity index (χ3v) is 4.55. The molecule has 0 bridgehead atoms. The van der Waals surface area contributed by atoms with Crippen LogP contribution in [0.3, 0.4) is 0 Å². The van der Waals surface area contributed by atoms with E-state index in [9.17, 15) is 9.18 Å². The van der Waals surface area contributed by atoms with Gasteiger partial charge in [-0.3, -0.25) is 4.79 Å². The Kier molecular flexibility index (Phi) is 5.02. The van der Waals surface area contributed by atoms with Gasteiger partial charge in [-0.1, -0.05) is 23.7 Å². The molecule has 0 radical (unpaired) electrons. The molecule has 4 nitrogen and oxygen atoms in total. The topological polar surface area (TPSA) is 58.4 Å². The number of nitrogens with one attached hydrogen (secondary N) is 1. The molecule has 1 saturated heterocycles. The van der Waals surface area contributed by atoms with E-state index in [1.54, 1.807) is 24.3 Å². The lowest BCUT2D eigenvalue weighted by atomic mass is 10.1. The van der Waals surface area contributed by atoms with Crippen molar-refractivity contribution in [3.63, 3.8) is 0 Å². The lowest BCUT2D eigenvalue weighted by Crippen LogP contribution is -2.37. The molecule has 1 heterocycles. The molecule has 24 heavy (non-hydrogen) atoms. The molecule has 2 aromatic rings. The van der Waals surface area contributed by atoms with Crippen molar-refractivity contribution >= 4 is 23.2 Å². The molecule has 126 valence electrons. The van der Waals surface area contributed by atoms with Crippen LogP contribution >= 0.6 is 11.6 Å². The van der Waals surface area contributed by atoms with Crippen molar-refractivity contribution in [1.29, 1.82) is 0 Å². The van der Waals surface area contributed by atoms with Crippen molar-refractivity contribution in [3.05, 3.63) is 64.4 Å². The van der Waals surface area contributed by atoms with E-state index in [1.807, 2.05) is 17.0 Å². The third-order valence-electron chi connectivity index (χ3n) is 4.24. The van der Waals surface area contributed by atoms with Crippen LogP contribution in [0.1, 0.15) is 22.3 Å². The average Bonchev–Trinajstić information content (AvgIpc) is 3.06. The van der Waals surface area contributed by atoms with Crippen molar-refractivity contribution in [1.82, 2.24) is 5.32 Å². The number of nitrogens with two attached hydrogens (primary N) is 1. The standard InChI is InChI=1S/C18H19ClFN3O/c19-16-6-5-15(9-17(16)20)23-8-7-14(11-23)22-18(24)13-3-1-12(10-21)2-4-13/h1-6,9,14H,7-8,10-11,21H2,(H,22,24). The maximum Gasteiger partial charge on any atom is 0.251 e. The lowest BCUT2D eigenvalue weighted by molar-refractivity contribution is 0.0940. The van der Waals surface area contributed by atoms with Crippen molar-refractivity contribution in [2.75, 3.05) is 18.0 Å². The lowest BCUT2D eigenvalue weighted by Gasteiger charge is -2.19. The molecule has 3 rings (SSSR count). The van der Waals surface area contributed by atoms with Gasteiger partial charge in [0.2, 0.25) is 0 Å². The maximum absolute atomic E-state index is 13.6. The van der Waals surface area contributed by atoms with Gasteiger partial charge in [0.1, 0.15) is 5.82 Å². The highest BCUT2D eigenvalue weighted by Crippen LogP contribution is 2.25. The smallest absolute Gasteiger partial charge is 0.251 e. The van der Waals surface area contributed by atoms with Gasteiger partial charge >= 0.3 is 0 Å². The molecule has 0 aliphatic carbocycles. The molecule has 3 N–H and O–H groups in total. The van der Waals surface area contributed by atoms with Crippen molar-refractivity contribution in [2.24, 2.45) is 5.73 Å². The zero-order valence-corrected chi connectivity index (χ0v) is 13.9. The van der Waals surface area contributed by atoms with Crippen LogP contribution < -0.4 is 16.0 Å². The Hall–Kier alpha value is -2.11. The second-order valence-corrected chi connectivity index (χ2v) is 6.31. The number of benzene rings is 2. The average molecular weight is 348 g/mol. The van der Waals surface area contributed by atoms with E-state index in [-0.39, 0.29) is 17.0 Å². The van der Waals surface area contributed by atoms with Gasteiger partial charge in [0.25, 0.3) is 5.91 Å². The summed E-state index contributed by atoms with van der Waals surface area (Å²) in [5, 5.41) is 3.14. The minimum atomic E-state index is -0.429. The third kappa shape index (κ3) is 3.68. The fourth-order valence-electron chi connectivity index (χ4n) is 2.86. The molecular formula is C18H19ClFN3O. The van der Waals surface area contributed by atoms with E-state index >= 15 is 0 Å². The second kappa shape index (κ2) is 7.20. The molecule has 0 aromatic heterocycles. The Bertz CT molecular complexity index is 736. The van der Waals surface area contributed by atoms with E-state index < -0.39 is 5.82 Å². The van der Waals surface area contributed by atoms with Gasteiger partial charge in [-0.05, 0) is 42.3 Å². The van der Waals surface area contributed by atoms with Crippen molar-refractivity contribution in [3.8, 4) is 0 Å². The number of carbonyl (C=O) groups excluding carboxylic acids is 1. The van der Waals surface area contributed by atoms with E-state index in [0.717, 1.165) is 24.2 Å². The van der Waals surface area contributed by atoms with Crippen LogP contribution in [-0.2, 0) is 6.54 Å². The summed E-state index contributed by atoms with van der Waals surface area (Å²) in [4.78, 5) is 14.3. The van der Waals surface area contributed by atoms with Crippen molar-refractivity contribution in [2.45, 2.75) is 19.0 Å². The number of nitrogens with zero attached hydrogens (tertiary/aromatic N) is 1. The number of halogens is 2. The zero-order chi connectivity index (χ0) is 17.1. The summed E-state index contributed by atoms with van der Waals surface area (Å²) in [5.74, 6) is -0.533. The first-order valence-electron chi connectivity index (χ1n) is 7.86. The summed E-state index contributed by atoms with van der Waals surface area (Å²) >= 11 is 5.72. The second-order valence-electron chi connectivity index (χ2n) is 5.90. The highest BCUT2D eigenvalue weighted by Gasteiger charge is 2.25. The summed E-state index contributed by atoms with van der Waals surface area (Å²) < 4.78 is 13.6. The fraction of sp³-hybridized carbons (Fsp3) is 0.278. The van der Waals surface area contributed by atoms with Gasteiger partial charge in [-0.25, -0.2) is 4.39 Å². The Morgan fingerprint density at radius 2 is 2.04 bits per heavy atom. The van der Waals surface area contributed by atoms with Crippen LogP contribution in [-0.4, -0.2) is 25.0 Å². The van der Waals surface area contributed by atoms with E-state index in [4.69, 9.17) is 17.3 Å². The van der Waals surface area contributed by atoms with E-state index in [0.29, 0.717) is 18.7 Å². The van der Waals surface area contributed by atoms with Crippen LogP contribution in [0.15, 0.2) is 42.5 Å². The monoisotopic (exact) mass is 347 g/mol. The van der Waals surface area contributed by atoms with Gasteiger partial charge in [0.15, 0.2) is 0 Å². The molecule has 0 saturated carbocycles. The molecule has 1 aliphatic rings. The molecule has 6 heteroatoms. The highest BCUT2D eigenvalue weighted by atomic mass is 35.5. The molecule has 1 fully saturated rings. The fourth-order valence-corrected chi connectivity index (χ4v) is 2.97. The van der Waals surface area contributed by atoms with E-state index in [1.165, 1.54) is 6.07 Å². The number of hydrogen-bond donors (Lipinski definition) is 2. The number of rotatable bonds is 4. The predicted molar refractivity (Wildman–Crippen MR) is 93.8 cm³/mol. The van der Waals surface area contributed by atoms with E-state index in [2.05, 4.69) is 5.32 Å². The number of carbonyl (C=O) groups is 1. The van der Waals surface area contributed by atoms with Crippen molar-refractivity contribution < 1.29 is 9.18 Å². The summed E-state index contributed by atoms with van der Waals surface area (Å²) in [7, 11) is 0. The Morgan fingerprint density at radius 1 is 1.29 bits per heavy atom. The minimum absolute atomic E-state index is 0.0328. The molecule has 2 aromatic carbocycles. The molecular weight excluding hydrogens is 329 g/mol. The zero-order valence-electron chi connectivity index (χ0n) is 13.1. The summed E-state index contributed by atoms with van der Waals surface area (Å²) in [6.07, 6.45) is 0.816. The first-order valence-corrected chi connectivity index (χ1v) is 8.24. The van der Waals surface area contributed by atoms with Gasteiger partial charge in [0, 0.05) is 36.9 Å². The van der Waals surface area contributed by atoms with Crippen LogP contribution in [0.2, 0.25) is 5.02 Å². The quantitative estimate of drug-likeness (QED) is 0.894. The molecule has 0 spiro atoms. The molecule has 1 unspecified atom stereocenters. The Morgan fingerprint density at radius 3 is 2.71 bits per heavy atom. The maximum atomic E-state index is 13.6. The Labute approximate surface area is 145 Å². The number of amides is 1. The largest absolute Gasteiger partial charge is 0.369 e. The highest BCUT2D eigenvalue weighted by molar-refractivity contribution is 6.30. The number of anilines is 1. The summed E-state index contributed by atoms with van der Waals surface area (Å²) in [6.45, 7) is 1.86. The molecule has 1 aliphatic heterocycles.